The van der Waals surface area contributed by atoms with Crippen molar-refractivity contribution >= 4 is 16.0 Å². The van der Waals surface area contributed by atoms with Crippen molar-refractivity contribution in [2.75, 3.05) is 38.8 Å². The summed E-state index contributed by atoms with van der Waals surface area (Å²) in [6.45, 7) is 1.04. The smallest absolute Gasteiger partial charge is 0.308 e. The lowest BCUT2D eigenvalue weighted by Crippen LogP contribution is -2.36. The zero-order valence-corrected chi connectivity index (χ0v) is 16.1. The van der Waals surface area contributed by atoms with Gasteiger partial charge in [0.15, 0.2) is 0 Å². The maximum Gasteiger partial charge on any atom is 0.308 e. The third-order valence-electron chi connectivity index (χ3n) is 4.81. The fourth-order valence-corrected chi connectivity index (χ4v) is 4.63. The molecular formula is C18H23F2N3O3S. The third-order valence-corrected chi connectivity index (χ3v) is 6.59. The Balaban J connectivity index is 1.96. The zero-order valence-electron chi connectivity index (χ0n) is 15.3. The molecule has 0 N–H and O–H groups in total. The van der Waals surface area contributed by atoms with Gasteiger partial charge in [0, 0.05) is 39.0 Å². The second-order valence-electron chi connectivity index (χ2n) is 6.50. The van der Waals surface area contributed by atoms with Crippen LogP contribution in [0.1, 0.15) is 24.4 Å². The van der Waals surface area contributed by atoms with Gasteiger partial charge in [-0.05, 0) is 43.2 Å². The third kappa shape index (κ3) is 3.85. The van der Waals surface area contributed by atoms with Gasteiger partial charge in [0.1, 0.15) is 17.5 Å². The van der Waals surface area contributed by atoms with E-state index in [1.807, 2.05) is 4.90 Å². The molecule has 2 aromatic rings. The Morgan fingerprint density at radius 1 is 1.30 bits per heavy atom. The first-order valence-electron chi connectivity index (χ1n) is 8.71. The molecule has 2 heterocycles. The molecule has 1 aliphatic rings. The Hall–Kier alpha value is -1.97. The van der Waals surface area contributed by atoms with Gasteiger partial charge in [0.2, 0.25) is 0 Å². The number of benzene rings is 1. The Morgan fingerprint density at radius 3 is 2.81 bits per heavy atom. The molecule has 0 aliphatic carbocycles. The van der Waals surface area contributed by atoms with E-state index >= 15 is 0 Å². The fourth-order valence-electron chi connectivity index (χ4n) is 3.39. The van der Waals surface area contributed by atoms with E-state index in [9.17, 15) is 17.2 Å². The first-order chi connectivity index (χ1) is 12.9. The molecule has 1 saturated heterocycles. The molecule has 1 fully saturated rings. The number of anilines is 1. The summed E-state index contributed by atoms with van der Waals surface area (Å²) < 4.78 is 61.1. The topological polar surface area (TPSA) is 54.8 Å². The molecule has 1 aliphatic heterocycles. The molecule has 3 rings (SSSR count). The average molecular weight is 399 g/mol. The number of hydrogen-bond donors (Lipinski definition) is 0. The van der Waals surface area contributed by atoms with Gasteiger partial charge in [-0.2, -0.15) is 12.7 Å². The van der Waals surface area contributed by atoms with Crippen LogP contribution in [0.3, 0.4) is 0 Å². The molecule has 0 amide bonds. The lowest BCUT2D eigenvalue weighted by atomic mass is 10.0. The van der Waals surface area contributed by atoms with Crippen molar-refractivity contribution in [1.29, 1.82) is 0 Å². The molecule has 0 bridgehead atoms. The summed E-state index contributed by atoms with van der Waals surface area (Å²) in [5.41, 5.74) is 0.241. The van der Waals surface area contributed by atoms with Crippen molar-refractivity contribution in [3.8, 4) is 0 Å². The van der Waals surface area contributed by atoms with Crippen molar-refractivity contribution in [3.05, 3.63) is 53.7 Å². The van der Waals surface area contributed by atoms with Crippen molar-refractivity contribution < 1.29 is 21.9 Å². The van der Waals surface area contributed by atoms with Crippen molar-refractivity contribution in [2.24, 2.45) is 0 Å². The molecule has 9 heteroatoms. The molecule has 0 saturated carbocycles. The van der Waals surface area contributed by atoms with Crippen LogP contribution in [0, 0.1) is 11.6 Å². The first-order valence-corrected chi connectivity index (χ1v) is 10.1. The van der Waals surface area contributed by atoms with Gasteiger partial charge in [-0.1, -0.05) is 0 Å². The van der Waals surface area contributed by atoms with Crippen LogP contribution in [-0.4, -0.2) is 50.5 Å². The van der Waals surface area contributed by atoms with Gasteiger partial charge in [0.25, 0.3) is 0 Å². The SMILES string of the molecule is COCCN(C)S(=O)(=O)n1cccc1N1CCCC1c1cc(F)ccc1F. The van der Waals surface area contributed by atoms with Crippen LogP contribution in [0.15, 0.2) is 36.5 Å². The van der Waals surface area contributed by atoms with E-state index in [1.165, 1.54) is 34.7 Å². The van der Waals surface area contributed by atoms with E-state index < -0.39 is 27.9 Å². The molecule has 6 nitrogen and oxygen atoms in total. The minimum atomic E-state index is -3.80. The maximum atomic E-state index is 14.3. The molecule has 148 valence electrons. The molecular weight excluding hydrogens is 376 g/mol. The highest BCUT2D eigenvalue weighted by Gasteiger charge is 2.33. The molecule has 1 aromatic heterocycles. The number of nitrogens with zero attached hydrogens (tertiary/aromatic N) is 3. The predicted molar refractivity (Wildman–Crippen MR) is 98.9 cm³/mol. The summed E-state index contributed by atoms with van der Waals surface area (Å²) >= 11 is 0. The Bertz CT molecular complexity index is 901. The van der Waals surface area contributed by atoms with Crippen LogP contribution in [0.4, 0.5) is 14.6 Å². The van der Waals surface area contributed by atoms with Gasteiger partial charge in [0.05, 0.1) is 12.6 Å². The normalized spacial score (nSPS) is 17.8. The second-order valence-corrected chi connectivity index (χ2v) is 8.41. The number of aromatic nitrogens is 1. The zero-order chi connectivity index (χ0) is 19.6. The molecule has 1 aromatic carbocycles. The van der Waals surface area contributed by atoms with Crippen LogP contribution in [0.25, 0.3) is 0 Å². The van der Waals surface area contributed by atoms with Crippen LogP contribution < -0.4 is 4.90 Å². The molecule has 1 unspecified atom stereocenters. The number of rotatable bonds is 7. The minimum absolute atomic E-state index is 0.207. The number of ether oxygens (including phenoxy) is 1. The summed E-state index contributed by atoms with van der Waals surface area (Å²) in [7, 11) is -0.817. The van der Waals surface area contributed by atoms with E-state index in [0.29, 0.717) is 18.8 Å². The maximum absolute atomic E-state index is 14.3. The quantitative estimate of drug-likeness (QED) is 0.719. The van der Waals surface area contributed by atoms with Crippen LogP contribution in [0.2, 0.25) is 0 Å². The van der Waals surface area contributed by atoms with Crippen molar-refractivity contribution in [3.63, 3.8) is 0 Å². The number of likely N-dealkylation sites (N-methyl/N-ethyl adjacent to an activating group) is 1. The number of halogens is 2. The highest BCUT2D eigenvalue weighted by atomic mass is 32.2. The predicted octanol–water partition coefficient (Wildman–Crippen LogP) is 2.78. The average Bonchev–Trinajstić information content (AvgIpc) is 3.30. The highest BCUT2D eigenvalue weighted by Crippen LogP contribution is 2.38. The largest absolute Gasteiger partial charge is 0.383 e. The summed E-state index contributed by atoms with van der Waals surface area (Å²) in [6.07, 6.45) is 2.84. The lowest BCUT2D eigenvalue weighted by molar-refractivity contribution is 0.184. The van der Waals surface area contributed by atoms with Gasteiger partial charge < -0.3 is 9.64 Å². The van der Waals surface area contributed by atoms with Gasteiger partial charge in [-0.15, -0.1) is 0 Å². The Morgan fingerprint density at radius 2 is 2.07 bits per heavy atom. The molecule has 0 spiro atoms. The van der Waals surface area contributed by atoms with Crippen LogP contribution in [0.5, 0.6) is 0 Å². The van der Waals surface area contributed by atoms with E-state index in [1.54, 1.807) is 12.1 Å². The van der Waals surface area contributed by atoms with E-state index in [4.69, 9.17) is 4.74 Å². The van der Waals surface area contributed by atoms with Crippen molar-refractivity contribution in [1.82, 2.24) is 8.28 Å². The van der Waals surface area contributed by atoms with Gasteiger partial charge in [-0.25, -0.2) is 12.8 Å². The van der Waals surface area contributed by atoms with Gasteiger partial charge >= 0.3 is 10.2 Å². The summed E-state index contributed by atoms with van der Waals surface area (Å²) in [6, 6.07) is 6.26. The number of hydrogen-bond acceptors (Lipinski definition) is 4. The summed E-state index contributed by atoms with van der Waals surface area (Å²) in [4.78, 5) is 1.82. The molecule has 0 radical (unpaired) electrons. The van der Waals surface area contributed by atoms with E-state index in [-0.39, 0.29) is 18.7 Å². The minimum Gasteiger partial charge on any atom is -0.383 e. The van der Waals surface area contributed by atoms with E-state index in [2.05, 4.69) is 0 Å². The standard InChI is InChI=1S/C18H23F2N3O3S/c1-21(11-12-26-2)27(24,25)23-10-4-6-18(23)22-9-3-5-17(22)15-13-14(19)7-8-16(15)20/h4,6-8,10,13,17H,3,5,9,11-12H2,1-2H3. The van der Waals surface area contributed by atoms with E-state index in [0.717, 1.165) is 18.6 Å². The Kier molecular flexibility index (Phi) is 5.83. The summed E-state index contributed by atoms with van der Waals surface area (Å²) in [5, 5.41) is 0. The van der Waals surface area contributed by atoms with Crippen molar-refractivity contribution in [2.45, 2.75) is 18.9 Å². The molecule has 1 atom stereocenters. The first kappa shape index (κ1) is 19.8. The Labute approximate surface area is 158 Å². The number of methoxy groups -OCH3 is 1. The lowest BCUT2D eigenvalue weighted by Gasteiger charge is -2.29. The monoisotopic (exact) mass is 399 g/mol. The molecule has 27 heavy (non-hydrogen) atoms. The summed E-state index contributed by atoms with van der Waals surface area (Å²) in [5.74, 6) is -0.572. The fraction of sp³-hybridized carbons (Fsp3) is 0.444. The second kappa shape index (κ2) is 7.95. The van der Waals surface area contributed by atoms with Gasteiger partial charge in [-0.3, -0.25) is 0 Å². The van der Waals surface area contributed by atoms with Crippen LogP contribution >= 0.6 is 0 Å². The van der Waals surface area contributed by atoms with Crippen LogP contribution in [-0.2, 0) is 14.9 Å². The highest BCUT2D eigenvalue weighted by molar-refractivity contribution is 7.87.